The molecule has 10 nitrogen and oxygen atoms in total. The van der Waals surface area contributed by atoms with Crippen LogP contribution in [0.3, 0.4) is 0 Å². The molecule has 37 heavy (non-hydrogen) atoms. The third-order valence-corrected chi connectivity index (χ3v) is 6.73. The molecule has 0 bridgehead atoms. The van der Waals surface area contributed by atoms with Crippen LogP contribution < -0.4 is 21.7 Å². The Hall–Kier alpha value is -3.21. The van der Waals surface area contributed by atoms with Gasteiger partial charge in [0.25, 0.3) is 5.91 Å². The second-order valence-electron chi connectivity index (χ2n) is 9.03. The van der Waals surface area contributed by atoms with Crippen LogP contribution in [-0.2, 0) is 10.8 Å². The number of carbonyl (C=O) groups excluding carboxylic acids is 2. The van der Waals surface area contributed by atoms with Gasteiger partial charge in [0.1, 0.15) is 5.82 Å². The van der Waals surface area contributed by atoms with Crippen LogP contribution in [0.2, 0.25) is 0 Å². The van der Waals surface area contributed by atoms with E-state index in [2.05, 4.69) is 34.0 Å². The molecular weight excluding hydrogens is 490 g/mol. The maximum absolute atomic E-state index is 11.7. The van der Waals surface area contributed by atoms with Crippen LogP contribution in [0.25, 0.3) is 0 Å². The first-order valence-corrected chi connectivity index (χ1v) is 14.5. The predicted molar refractivity (Wildman–Crippen MR) is 150 cm³/mol. The molecule has 1 aromatic carbocycles. The first kappa shape index (κ1) is 30.0. The van der Waals surface area contributed by atoms with E-state index in [9.17, 15) is 13.8 Å². The highest BCUT2D eigenvalue weighted by Gasteiger charge is 2.18. The van der Waals surface area contributed by atoms with Gasteiger partial charge in [-0.2, -0.15) is 0 Å². The summed E-state index contributed by atoms with van der Waals surface area (Å²) in [5, 5.41) is 3.10. The second-order valence-corrected chi connectivity index (χ2v) is 10.4. The summed E-state index contributed by atoms with van der Waals surface area (Å²) in [5.41, 5.74) is 11.3. The zero-order valence-electron chi connectivity index (χ0n) is 22.2. The molecule has 2 fully saturated rings. The number of hydrogen-bond acceptors (Lipinski definition) is 7. The number of hydrogen-bond donors (Lipinski definition) is 3. The molecule has 2 saturated heterocycles. The second kappa shape index (κ2) is 15.8. The minimum atomic E-state index is -1.04. The Labute approximate surface area is 222 Å². The lowest BCUT2D eigenvalue weighted by Gasteiger charge is -2.27. The van der Waals surface area contributed by atoms with E-state index in [1.54, 1.807) is 41.6 Å². The number of rotatable bonds is 5. The van der Waals surface area contributed by atoms with Gasteiger partial charge in [-0.15, -0.1) is 0 Å². The number of likely N-dealkylation sites (tertiary alicyclic amines) is 1. The largest absolute Gasteiger partial charge is 0.364 e. The Kier molecular flexibility index (Phi) is 12.8. The number of anilines is 3. The molecule has 3 amide bonds. The molecule has 2 aliphatic rings. The van der Waals surface area contributed by atoms with Crippen LogP contribution in [0.4, 0.5) is 22.1 Å². The Morgan fingerprint density at radius 2 is 1.49 bits per heavy atom. The molecule has 5 N–H and O–H groups in total. The number of carbonyl (C=O) groups is 2. The van der Waals surface area contributed by atoms with Gasteiger partial charge in [-0.25, -0.2) is 14.8 Å². The molecule has 0 saturated carbocycles. The Morgan fingerprint density at radius 1 is 0.946 bits per heavy atom. The highest BCUT2D eigenvalue weighted by atomic mass is 32.2. The first-order chi connectivity index (χ1) is 17.8. The number of amides is 3. The third kappa shape index (κ3) is 9.99. The summed E-state index contributed by atoms with van der Waals surface area (Å²) < 4.78 is 11.5. The van der Waals surface area contributed by atoms with Gasteiger partial charge < -0.3 is 26.6 Å². The van der Waals surface area contributed by atoms with E-state index in [1.165, 1.54) is 19.3 Å². The van der Waals surface area contributed by atoms with Crippen molar-refractivity contribution in [2.45, 2.75) is 63.7 Å². The Morgan fingerprint density at radius 3 is 1.95 bits per heavy atom. The molecule has 0 spiro atoms. The molecule has 0 radical (unpaired) electrons. The van der Waals surface area contributed by atoms with Gasteiger partial charge in [0.2, 0.25) is 0 Å². The van der Waals surface area contributed by atoms with E-state index < -0.39 is 16.7 Å². The molecule has 1 atom stereocenters. The number of nitrogens with two attached hydrogens (primary N) is 2. The summed E-state index contributed by atoms with van der Waals surface area (Å²) in [5.74, 6) is 0.436. The number of urea groups is 1. The molecule has 4 rings (SSSR count). The summed E-state index contributed by atoms with van der Waals surface area (Å²) in [6.07, 6.45) is 11.4. The molecular formula is C26H41N7O3S. The zero-order valence-corrected chi connectivity index (χ0v) is 23.1. The van der Waals surface area contributed by atoms with Crippen molar-refractivity contribution < 1.29 is 13.8 Å². The van der Waals surface area contributed by atoms with Gasteiger partial charge in [-0.3, -0.25) is 9.00 Å². The van der Waals surface area contributed by atoms with Crippen LogP contribution in [0.1, 0.15) is 69.3 Å². The van der Waals surface area contributed by atoms with E-state index in [1.807, 2.05) is 0 Å². The smallest absolute Gasteiger partial charge is 0.314 e. The SMILES string of the molecule is CCC.CS(=O)c1ccc(Nc2nc(N3CCCCC3)cnc2C(N)=O)cc1.NC(=O)N1CCCCC1. The number of primary amides is 2. The summed E-state index contributed by atoms with van der Waals surface area (Å²) in [6.45, 7) is 7.83. The van der Waals surface area contributed by atoms with Gasteiger partial charge in [-0.1, -0.05) is 20.3 Å². The van der Waals surface area contributed by atoms with Crippen LogP contribution in [-0.4, -0.2) is 63.4 Å². The van der Waals surface area contributed by atoms with Crippen LogP contribution in [0.15, 0.2) is 35.4 Å². The summed E-state index contributed by atoms with van der Waals surface area (Å²) in [7, 11) is -1.04. The van der Waals surface area contributed by atoms with Crippen molar-refractivity contribution in [3.05, 3.63) is 36.2 Å². The van der Waals surface area contributed by atoms with E-state index in [0.29, 0.717) is 5.82 Å². The van der Waals surface area contributed by atoms with Crippen molar-refractivity contribution >= 4 is 40.1 Å². The quantitative estimate of drug-likeness (QED) is 0.528. The zero-order chi connectivity index (χ0) is 27.2. The van der Waals surface area contributed by atoms with Crippen LogP contribution in [0, 0.1) is 0 Å². The fourth-order valence-electron chi connectivity index (χ4n) is 3.90. The molecule has 2 aromatic rings. The summed E-state index contributed by atoms with van der Waals surface area (Å²) in [4.78, 5) is 35.5. The lowest BCUT2D eigenvalue weighted by Crippen LogP contribution is -2.39. The van der Waals surface area contributed by atoms with E-state index in [-0.39, 0.29) is 11.7 Å². The average molecular weight is 532 g/mol. The van der Waals surface area contributed by atoms with Crippen molar-refractivity contribution in [2.24, 2.45) is 11.5 Å². The highest BCUT2D eigenvalue weighted by Crippen LogP contribution is 2.23. The highest BCUT2D eigenvalue weighted by molar-refractivity contribution is 7.84. The minimum Gasteiger partial charge on any atom is -0.364 e. The molecule has 11 heteroatoms. The van der Waals surface area contributed by atoms with Crippen molar-refractivity contribution in [3.63, 3.8) is 0 Å². The normalized spacial score (nSPS) is 15.9. The van der Waals surface area contributed by atoms with E-state index in [0.717, 1.165) is 68.3 Å². The molecule has 3 heterocycles. The standard InChI is InChI=1S/C17H21N5O2S.C6H12N2O.C3H8/c1-25(24)13-7-5-12(6-8-13)20-17-15(16(18)23)19-11-14(21-17)22-9-3-2-4-10-22;7-6(9)8-4-2-1-3-5-8;1-3-2/h5-8,11H,2-4,9-10H2,1H3,(H2,18,23)(H,20,21);1-5H2,(H2,7,9);3H2,1-2H3. The van der Waals surface area contributed by atoms with Gasteiger partial charge in [0.15, 0.2) is 11.5 Å². The Bertz CT molecular complexity index is 1020. The number of nitrogens with zero attached hydrogens (tertiary/aromatic N) is 4. The number of piperidine rings is 2. The summed E-state index contributed by atoms with van der Waals surface area (Å²) in [6, 6.07) is 6.84. The van der Waals surface area contributed by atoms with E-state index >= 15 is 0 Å². The van der Waals surface area contributed by atoms with Gasteiger partial charge in [0, 0.05) is 53.8 Å². The monoisotopic (exact) mass is 531 g/mol. The fraction of sp³-hybridized carbons (Fsp3) is 0.538. The van der Waals surface area contributed by atoms with Gasteiger partial charge >= 0.3 is 6.03 Å². The molecule has 1 unspecified atom stereocenters. The number of nitrogens with one attached hydrogen (secondary N) is 1. The Balaban J connectivity index is 0.000000333. The van der Waals surface area contributed by atoms with Gasteiger partial charge in [-0.05, 0) is 62.8 Å². The van der Waals surface area contributed by atoms with Gasteiger partial charge in [0.05, 0.1) is 6.20 Å². The minimum absolute atomic E-state index is 0.101. The predicted octanol–water partition coefficient (Wildman–Crippen LogP) is 4.01. The summed E-state index contributed by atoms with van der Waals surface area (Å²) >= 11 is 0. The van der Waals surface area contributed by atoms with Crippen LogP contribution in [0.5, 0.6) is 0 Å². The third-order valence-electron chi connectivity index (χ3n) is 5.79. The van der Waals surface area contributed by atoms with Crippen molar-refractivity contribution in [3.8, 4) is 0 Å². The van der Waals surface area contributed by atoms with Crippen LogP contribution >= 0.6 is 0 Å². The fourth-order valence-corrected chi connectivity index (χ4v) is 4.42. The molecule has 204 valence electrons. The van der Waals surface area contributed by atoms with Crippen molar-refractivity contribution in [1.29, 1.82) is 0 Å². The maximum Gasteiger partial charge on any atom is 0.314 e. The molecule has 0 aliphatic carbocycles. The lowest BCUT2D eigenvalue weighted by molar-refractivity contribution is 0.0996. The van der Waals surface area contributed by atoms with Crippen molar-refractivity contribution in [1.82, 2.24) is 14.9 Å². The average Bonchev–Trinajstić information content (AvgIpc) is 2.90. The number of benzene rings is 1. The molecule has 2 aliphatic heterocycles. The maximum atomic E-state index is 11.7. The van der Waals surface area contributed by atoms with Crippen molar-refractivity contribution in [2.75, 3.05) is 42.7 Å². The topological polar surface area (TPSA) is 148 Å². The van der Waals surface area contributed by atoms with E-state index in [4.69, 9.17) is 11.5 Å². The first-order valence-electron chi connectivity index (χ1n) is 12.9. The molecule has 1 aromatic heterocycles. The lowest BCUT2D eigenvalue weighted by atomic mass is 10.1. The number of aromatic nitrogens is 2.